The molecule has 0 spiro atoms. The zero-order valence-corrected chi connectivity index (χ0v) is 11.6. The number of aliphatic hydroxyl groups excluding tert-OH is 2. The van der Waals surface area contributed by atoms with E-state index < -0.39 is 49.5 Å². The Morgan fingerprint density at radius 2 is 1.67 bits per heavy atom. The number of nitrogens with two attached hydrogens (primary N) is 1. The Morgan fingerprint density at radius 1 is 1.10 bits per heavy atom. The summed E-state index contributed by atoms with van der Waals surface area (Å²) in [6.07, 6.45) is -2.00. The maximum Gasteiger partial charge on any atom is 0.375 e. The van der Waals surface area contributed by atoms with E-state index >= 15 is 0 Å². The molecule has 0 aliphatic rings. The van der Waals surface area contributed by atoms with E-state index in [9.17, 15) is 19.2 Å². The van der Waals surface area contributed by atoms with E-state index in [-0.39, 0.29) is 18.8 Å². The van der Waals surface area contributed by atoms with Gasteiger partial charge < -0.3 is 25.4 Å². The van der Waals surface area contributed by atoms with Gasteiger partial charge in [-0.15, -0.1) is 0 Å². The fourth-order valence-electron chi connectivity index (χ4n) is 1.04. The van der Waals surface area contributed by atoms with Gasteiger partial charge in [-0.25, -0.2) is 4.79 Å². The van der Waals surface area contributed by atoms with Crippen LogP contribution in [-0.2, 0) is 28.7 Å². The van der Waals surface area contributed by atoms with E-state index in [1.165, 1.54) is 6.92 Å². The molecule has 0 bridgehead atoms. The van der Waals surface area contributed by atoms with Gasteiger partial charge in [-0.05, 0) is 6.92 Å². The van der Waals surface area contributed by atoms with Crippen molar-refractivity contribution in [3.63, 3.8) is 0 Å². The number of ketones is 2. The van der Waals surface area contributed by atoms with E-state index in [0.29, 0.717) is 0 Å². The highest BCUT2D eigenvalue weighted by Gasteiger charge is 2.21. The summed E-state index contributed by atoms with van der Waals surface area (Å²) < 4.78 is 9.12. The molecule has 0 aromatic carbocycles. The van der Waals surface area contributed by atoms with Crippen LogP contribution in [0.5, 0.6) is 0 Å². The molecule has 0 unspecified atom stereocenters. The molecular weight excluding hydrogens is 286 g/mol. The van der Waals surface area contributed by atoms with Crippen molar-refractivity contribution < 1.29 is 38.9 Å². The monoisotopic (exact) mass is 305 g/mol. The first kappa shape index (κ1) is 19.2. The van der Waals surface area contributed by atoms with Crippen molar-refractivity contribution in [1.82, 2.24) is 0 Å². The van der Waals surface area contributed by atoms with E-state index in [0.717, 1.165) is 0 Å². The first-order valence-corrected chi connectivity index (χ1v) is 6.19. The van der Waals surface area contributed by atoms with Gasteiger partial charge in [0.25, 0.3) is 0 Å². The zero-order valence-electron chi connectivity index (χ0n) is 11.6. The zero-order chi connectivity index (χ0) is 16.4. The number of carbonyl (C=O) groups excluding carboxylic acids is 4. The third-order valence-electron chi connectivity index (χ3n) is 2.41. The van der Waals surface area contributed by atoms with E-state index in [1.807, 2.05) is 0 Å². The van der Waals surface area contributed by atoms with Crippen LogP contribution in [0.4, 0.5) is 0 Å². The molecular formula is C12H19NO8. The first-order valence-electron chi connectivity index (χ1n) is 6.19. The van der Waals surface area contributed by atoms with Gasteiger partial charge in [0.15, 0.2) is 0 Å². The molecule has 0 aliphatic heterocycles. The molecule has 0 aliphatic carbocycles. The number of carbonyl (C=O) groups is 4. The molecule has 1 atom stereocenters. The highest BCUT2D eigenvalue weighted by molar-refractivity contribution is 6.33. The lowest BCUT2D eigenvalue weighted by molar-refractivity contribution is -0.161. The fourth-order valence-corrected chi connectivity index (χ4v) is 1.04. The minimum Gasteiger partial charge on any atom is -0.464 e. The number of rotatable bonds is 10. The topological polar surface area (TPSA) is 153 Å². The predicted molar refractivity (Wildman–Crippen MR) is 67.9 cm³/mol. The highest BCUT2D eigenvalue weighted by atomic mass is 16.6. The van der Waals surface area contributed by atoms with E-state index in [1.54, 1.807) is 0 Å². The third-order valence-corrected chi connectivity index (χ3v) is 2.41. The van der Waals surface area contributed by atoms with Crippen LogP contribution in [0, 0.1) is 0 Å². The average molecular weight is 305 g/mol. The van der Waals surface area contributed by atoms with Crippen molar-refractivity contribution in [3.05, 3.63) is 0 Å². The van der Waals surface area contributed by atoms with Crippen LogP contribution in [-0.4, -0.2) is 65.7 Å². The van der Waals surface area contributed by atoms with E-state index in [2.05, 4.69) is 9.47 Å². The molecule has 0 saturated heterocycles. The Balaban J connectivity index is 4.04. The van der Waals surface area contributed by atoms with Gasteiger partial charge in [-0.3, -0.25) is 14.4 Å². The largest absolute Gasteiger partial charge is 0.464 e. The van der Waals surface area contributed by atoms with Gasteiger partial charge in [-0.2, -0.15) is 0 Å². The van der Waals surface area contributed by atoms with Gasteiger partial charge in [0.05, 0.1) is 25.7 Å². The standard InChI is InChI=1S/C12H19NO8/c1-7(16)9(13)6-20-11(18)3-2-10(17)12(19)21-8(4-14)5-15/h8-9,14-15H,2-6,13H2,1H3/t9-/m0/s1. The van der Waals surface area contributed by atoms with Crippen molar-refractivity contribution in [3.8, 4) is 0 Å². The molecule has 0 aromatic rings. The maximum absolute atomic E-state index is 11.3. The number of ether oxygens (including phenoxy) is 2. The lowest BCUT2D eigenvalue weighted by Gasteiger charge is -2.11. The maximum atomic E-state index is 11.3. The van der Waals surface area contributed by atoms with Crippen LogP contribution in [0.1, 0.15) is 19.8 Å². The van der Waals surface area contributed by atoms with Gasteiger partial charge >= 0.3 is 11.9 Å². The Labute approximate surface area is 121 Å². The summed E-state index contributed by atoms with van der Waals surface area (Å²) in [4.78, 5) is 44.6. The van der Waals surface area contributed by atoms with E-state index in [4.69, 9.17) is 15.9 Å². The van der Waals surface area contributed by atoms with Gasteiger partial charge in [-0.1, -0.05) is 0 Å². The van der Waals surface area contributed by atoms with Crippen molar-refractivity contribution in [2.24, 2.45) is 5.73 Å². The Morgan fingerprint density at radius 3 is 2.14 bits per heavy atom. The van der Waals surface area contributed by atoms with Crippen LogP contribution in [0.2, 0.25) is 0 Å². The fraction of sp³-hybridized carbons (Fsp3) is 0.667. The normalized spacial score (nSPS) is 11.9. The second kappa shape index (κ2) is 9.97. The van der Waals surface area contributed by atoms with Gasteiger partial charge in [0, 0.05) is 6.42 Å². The average Bonchev–Trinajstić information content (AvgIpc) is 2.46. The number of aliphatic hydroxyl groups is 2. The molecule has 0 aromatic heterocycles. The number of Topliss-reactive ketones (excluding diaryl/α,β-unsaturated/α-hetero) is 2. The van der Waals surface area contributed by atoms with Crippen LogP contribution >= 0.6 is 0 Å². The molecule has 9 nitrogen and oxygen atoms in total. The lowest BCUT2D eigenvalue weighted by Crippen LogP contribution is -2.34. The molecule has 0 amide bonds. The quantitative estimate of drug-likeness (QED) is 0.298. The van der Waals surface area contributed by atoms with Crippen molar-refractivity contribution in [2.45, 2.75) is 31.9 Å². The molecule has 120 valence electrons. The molecule has 0 radical (unpaired) electrons. The van der Waals surface area contributed by atoms with Gasteiger partial charge in [0.2, 0.25) is 5.78 Å². The molecule has 0 heterocycles. The third kappa shape index (κ3) is 8.12. The molecule has 0 saturated carbocycles. The van der Waals surface area contributed by atoms with Crippen molar-refractivity contribution in [2.75, 3.05) is 19.8 Å². The molecule has 0 rings (SSSR count). The van der Waals surface area contributed by atoms with Crippen molar-refractivity contribution in [1.29, 1.82) is 0 Å². The second-order valence-corrected chi connectivity index (χ2v) is 4.22. The molecule has 21 heavy (non-hydrogen) atoms. The minimum atomic E-state index is -1.25. The predicted octanol–water partition coefficient (Wildman–Crippen LogP) is -2.31. The summed E-state index contributed by atoms with van der Waals surface area (Å²) >= 11 is 0. The minimum absolute atomic E-state index is 0.302. The van der Waals surface area contributed by atoms with Crippen LogP contribution in [0.15, 0.2) is 0 Å². The van der Waals surface area contributed by atoms with Gasteiger partial charge in [0.1, 0.15) is 18.5 Å². The van der Waals surface area contributed by atoms with Crippen molar-refractivity contribution >= 4 is 23.5 Å². The summed E-state index contributed by atoms with van der Waals surface area (Å²) in [5, 5.41) is 17.4. The summed E-state index contributed by atoms with van der Waals surface area (Å²) in [5.74, 6) is -3.37. The lowest BCUT2D eigenvalue weighted by atomic mass is 10.2. The van der Waals surface area contributed by atoms with Crippen LogP contribution in [0.25, 0.3) is 0 Å². The Kier molecular flexibility index (Phi) is 9.10. The number of hydrogen-bond acceptors (Lipinski definition) is 9. The summed E-state index contributed by atoms with van der Waals surface area (Å²) in [7, 11) is 0. The SMILES string of the molecule is CC(=O)[C@@H](N)COC(=O)CCC(=O)C(=O)OC(CO)CO. The first-order chi connectivity index (χ1) is 9.81. The second-order valence-electron chi connectivity index (χ2n) is 4.22. The summed E-state index contributed by atoms with van der Waals surface area (Å²) in [6, 6.07) is -0.926. The number of hydrogen-bond donors (Lipinski definition) is 3. The highest BCUT2D eigenvalue weighted by Crippen LogP contribution is 2.00. The van der Waals surface area contributed by atoms with Crippen LogP contribution < -0.4 is 5.73 Å². The number of esters is 2. The smallest absolute Gasteiger partial charge is 0.375 e. The molecule has 9 heteroatoms. The Bertz CT molecular complexity index is 391. The van der Waals surface area contributed by atoms with Crippen LogP contribution in [0.3, 0.4) is 0 Å². The molecule has 4 N–H and O–H groups in total. The molecule has 0 fully saturated rings. The summed E-state index contributed by atoms with van der Waals surface area (Å²) in [5.41, 5.74) is 5.34. The Hall–Kier alpha value is -1.84. The summed E-state index contributed by atoms with van der Waals surface area (Å²) in [6.45, 7) is -0.304.